The van der Waals surface area contributed by atoms with Gasteiger partial charge < -0.3 is 15.0 Å². The molecule has 1 aliphatic heterocycles. The summed E-state index contributed by atoms with van der Waals surface area (Å²) in [6, 6.07) is 11.6. The van der Waals surface area contributed by atoms with Crippen molar-refractivity contribution in [1.29, 1.82) is 0 Å². The van der Waals surface area contributed by atoms with Gasteiger partial charge in [-0.15, -0.1) is 0 Å². The summed E-state index contributed by atoms with van der Waals surface area (Å²) >= 11 is 0. The van der Waals surface area contributed by atoms with E-state index < -0.39 is 0 Å². The second kappa shape index (κ2) is 6.97. The predicted octanol–water partition coefficient (Wildman–Crippen LogP) is 3.37. The van der Waals surface area contributed by atoms with Crippen LogP contribution in [0.25, 0.3) is 0 Å². The van der Waals surface area contributed by atoms with Crippen molar-refractivity contribution in [2.75, 3.05) is 23.4 Å². The van der Waals surface area contributed by atoms with Crippen LogP contribution in [-0.4, -0.2) is 25.0 Å². The molecule has 2 aromatic carbocycles. The molecular weight excluding hydrogens is 316 g/mol. The lowest BCUT2D eigenvalue weighted by Crippen LogP contribution is -2.40. The van der Waals surface area contributed by atoms with Crippen molar-refractivity contribution < 1.29 is 14.3 Å². The van der Waals surface area contributed by atoms with Crippen LogP contribution in [0.2, 0.25) is 0 Å². The number of ether oxygens (including phenoxy) is 1. The summed E-state index contributed by atoms with van der Waals surface area (Å²) in [7, 11) is 0. The first-order valence-electron chi connectivity index (χ1n) is 8.35. The van der Waals surface area contributed by atoms with Crippen molar-refractivity contribution >= 4 is 23.2 Å². The Morgan fingerprint density at radius 2 is 1.84 bits per heavy atom. The zero-order valence-corrected chi connectivity index (χ0v) is 14.8. The number of carbonyl (C=O) groups excluding carboxylic acids is 2. The van der Waals surface area contributed by atoms with E-state index in [0.717, 1.165) is 28.1 Å². The Hall–Kier alpha value is -2.82. The standard InChI is InChI=1S/C20H22N2O3/c1-13-4-6-16(15(3)10-13)21-19(23)8-9-22-17-11-14(2)5-7-18(17)25-12-20(22)24/h4-7,10-11H,8-9,12H2,1-3H3,(H,21,23). The average molecular weight is 338 g/mol. The molecule has 1 aliphatic rings. The second-order valence-electron chi connectivity index (χ2n) is 6.42. The fourth-order valence-corrected chi connectivity index (χ4v) is 2.94. The first kappa shape index (κ1) is 17.0. The fraction of sp³-hybridized carbons (Fsp3) is 0.300. The molecule has 5 heteroatoms. The highest BCUT2D eigenvalue weighted by molar-refractivity contribution is 5.99. The van der Waals surface area contributed by atoms with Crippen molar-refractivity contribution in [3.8, 4) is 5.75 Å². The highest BCUT2D eigenvalue weighted by atomic mass is 16.5. The van der Waals surface area contributed by atoms with Crippen LogP contribution in [0, 0.1) is 20.8 Å². The Morgan fingerprint density at radius 3 is 2.60 bits per heavy atom. The predicted molar refractivity (Wildman–Crippen MR) is 98.2 cm³/mol. The zero-order chi connectivity index (χ0) is 18.0. The minimum Gasteiger partial charge on any atom is -0.482 e. The molecule has 130 valence electrons. The Labute approximate surface area is 147 Å². The summed E-state index contributed by atoms with van der Waals surface area (Å²) in [5.74, 6) is 0.442. The number of hydrogen-bond donors (Lipinski definition) is 1. The van der Waals surface area contributed by atoms with Crippen LogP contribution in [0.5, 0.6) is 5.75 Å². The van der Waals surface area contributed by atoms with E-state index in [1.807, 2.05) is 57.2 Å². The molecule has 0 saturated heterocycles. The van der Waals surface area contributed by atoms with Gasteiger partial charge in [-0.05, 0) is 50.1 Å². The topological polar surface area (TPSA) is 58.6 Å². The minimum atomic E-state index is -0.127. The number of hydrogen-bond acceptors (Lipinski definition) is 3. The number of aryl methyl sites for hydroxylation is 3. The number of fused-ring (bicyclic) bond motifs is 1. The molecule has 0 radical (unpaired) electrons. The zero-order valence-electron chi connectivity index (χ0n) is 14.8. The SMILES string of the molecule is Cc1ccc(NC(=O)CCN2C(=O)COc3ccc(C)cc32)c(C)c1. The average Bonchev–Trinajstić information content (AvgIpc) is 2.56. The number of carbonyl (C=O) groups is 2. The van der Waals surface area contributed by atoms with Crippen LogP contribution in [0.4, 0.5) is 11.4 Å². The van der Waals surface area contributed by atoms with Gasteiger partial charge >= 0.3 is 0 Å². The van der Waals surface area contributed by atoms with Gasteiger partial charge in [0.2, 0.25) is 5.91 Å². The number of nitrogens with zero attached hydrogens (tertiary/aromatic N) is 1. The van der Waals surface area contributed by atoms with Crippen molar-refractivity contribution in [3.63, 3.8) is 0 Å². The normalized spacial score (nSPS) is 13.2. The fourth-order valence-electron chi connectivity index (χ4n) is 2.94. The minimum absolute atomic E-state index is 0.00868. The third-order valence-electron chi connectivity index (χ3n) is 4.28. The molecule has 5 nitrogen and oxygen atoms in total. The molecule has 25 heavy (non-hydrogen) atoms. The summed E-state index contributed by atoms with van der Waals surface area (Å²) in [4.78, 5) is 26.1. The van der Waals surface area contributed by atoms with Crippen LogP contribution < -0.4 is 15.0 Å². The molecule has 0 fully saturated rings. The van der Waals surface area contributed by atoms with Crippen LogP contribution >= 0.6 is 0 Å². The molecule has 0 atom stereocenters. The van der Waals surface area contributed by atoms with Crippen LogP contribution in [-0.2, 0) is 9.59 Å². The van der Waals surface area contributed by atoms with Gasteiger partial charge in [0.25, 0.3) is 5.91 Å². The first-order chi connectivity index (χ1) is 11.9. The molecule has 0 saturated carbocycles. The lowest BCUT2D eigenvalue weighted by molar-refractivity contribution is -0.121. The maximum Gasteiger partial charge on any atom is 0.265 e. The van der Waals surface area contributed by atoms with Gasteiger partial charge in [0.1, 0.15) is 5.75 Å². The second-order valence-corrected chi connectivity index (χ2v) is 6.42. The van der Waals surface area contributed by atoms with Crippen molar-refractivity contribution in [2.45, 2.75) is 27.2 Å². The highest BCUT2D eigenvalue weighted by Crippen LogP contribution is 2.32. The van der Waals surface area contributed by atoms with Gasteiger partial charge in [0, 0.05) is 18.7 Å². The lowest BCUT2D eigenvalue weighted by Gasteiger charge is -2.29. The summed E-state index contributed by atoms with van der Waals surface area (Å²) in [5.41, 5.74) is 4.76. The molecule has 2 amide bonds. The molecule has 1 N–H and O–H groups in total. The Kier molecular flexibility index (Phi) is 4.74. The molecular formula is C20H22N2O3. The van der Waals surface area contributed by atoms with Gasteiger partial charge in [-0.1, -0.05) is 23.8 Å². The van der Waals surface area contributed by atoms with E-state index in [0.29, 0.717) is 12.3 Å². The van der Waals surface area contributed by atoms with E-state index in [2.05, 4.69) is 5.32 Å². The summed E-state index contributed by atoms with van der Waals surface area (Å²) < 4.78 is 5.46. The maximum atomic E-state index is 12.3. The van der Waals surface area contributed by atoms with E-state index in [1.54, 1.807) is 4.90 Å². The van der Waals surface area contributed by atoms with Gasteiger partial charge in [-0.25, -0.2) is 0 Å². The number of amides is 2. The van der Waals surface area contributed by atoms with E-state index in [-0.39, 0.29) is 24.8 Å². The van der Waals surface area contributed by atoms with Gasteiger partial charge in [-0.2, -0.15) is 0 Å². The molecule has 3 rings (SSSR count). The first-order valence-corrected chi connectivity index (χ1v) is 8.35. The van der Waals surface area contributed by atoms with E-state index in [9.17, 15) is 9.59 Å². The summed E-state index contributed by atoms with van der Waals surface area (Å²) in [6.45, 7) is 6.28. The van der Waals surface area contributed by atoms with Crippen molar-refractivity contribution in [3.05, 3.63) is 53.1 Å². The maximum absolute atomic E-state index is 12.3. The number of anilines is 2. The molecule has 0 unspecified atom stereocenters. The van der Waals surface area contributed by atoms with Crippen molar-refractivity contribution in [2.24, 2.45) is 0 Å². The molecule has 0 bridgehead atoms. The highest BCUT2D eigenvalue weighted by Gasteiger charge is 2.25. The Balaban J connectivity index is 1.68. The van der Waals surface area contributed by atoms with Crippen LogP contribution in [0.3, 0.4) is 0 Å². The van der Waals surface area contributed by atoms with E-state index in [4.69, 9.17) is 4.74 Å². The Morgan fingerprint density at radius 1 is 1.12 bits per heavy atom. The third kappa shape index (κ3) is 3.82. The summed E-state index contributed by atoms with van der Waals surface area (Å²) in [6.07, 6.45) is 0.229. The monoisotopic (exact) mass is 338 g/mol. The van der Waals surface area contributed by atoms with Crippen LogP contribution in [0.15, 0.2) is 36.4 Å². The molecule has 1 heterocycles. The molecule has 0 aromatic heterocycles. The smallest absolute Gasteiger partial charge is 0.265 e. The largest absolute Gasteiger partial charge is 0.482 e. The van der Waals surface area contributed by atoms with E-state index >= 15 is 0 Å². The van der Waals surface area contributed by atoms with Gasteiger partial charge in [0.15, 0.2) is 6.61 Å². The number of nitrogens with one attached hydrogen (secondary N) is 1. The van der Waals surface area contributed by atoms with Gasteiger partial charge in [-0.3, -0.25) is 9.59 Å². The quantitative estimate of drug-likeness (QED) is 0.930. The van der Waals surface area contributed by atoms with Gasteiger partial charge in [0.05, 0.1) is 5.69 Å². The molecule has 2 aromatic rings. The number of benzene rings is 2. The lowest BCUT2D eigenvalue weighted by atomic mass is 10.1. The van der Waals surface area contributed by atoms with Crippen molar-refractivity contribution in [1.82, 2.24) is 0 Å². The molecule has 0 spiro atoms. The third-order valence-corrected chi connectivity index (χ3v) is 4.28. The molecule has 0 aliphatic carbocycles. The van der Waals surface area contributed by atoms with Crippen LogP contribution in [0.1, 0.15) is 23.1 Å². The Bertz CT molecular complexity index is 830. The van der Waals surface area contributed by atoms with E-state index in [1.165, 1.54) is 0 Å². The number of rotatable bonds is 4. The summed E-state index contributed by atoms with van der Waals surface area (Å²) in [5, 5.41) is 2.92.